The Balaban J connectivity index is 1.74. The van der Waals surface area contributed by atoms with Crippen LogP contribution in [-0.4, -0.2) is 53.2 Å². The molecule has 2 N–H and O–H groups in total. The van der Waals surface area contributed by atoms with Gasteiger partial charge < -0.3 is 4.57 Å². The van der Waals surface area contributed by atoms with Gasteiger partial charge in [-0.05, 0) is 36.8 Å². The number of benzene rings is 1. The molecule has 0 saturated carbocycles. The number of carbonyl (C=O) groups excluding carboxylic acids is 2. The van der Waals surface area contributed by atoms with Crippen LogP contribution in [0.5, 0.6) is 0 Å². The first kappa shape index (κ1) is 24.3. The molecule has 0 aliphatic carbocycles. The summed E-state index contributed by atoms with van der Waals surface area (Å²) in [6, 6.07) is 8.12. The van der Waals surface area contributed by atoms with E-state index in [0.29, 0.717) is 29.9 Å². The van der Waals surface area contributed by atoms with Crippen molar-refractivity contribution < 1.29 is 18.0 Å². The Morgan fingerprint density at radius 2 is 1.94 bits per heavy atom. The van der Waals surface area contributed by atoms with Gasteiger partial charge in [-0.25, -0.2) is 17.7 Å². The van der Waals surface area contributed by atoms with E-state index in [-0.39, 0.29) is 17.2 Å². The van der Waals surface area contributed by atoms with E-state index in [0.717, 1.165) is 22.7 Å². The lowest BCUT2D eigenvalue weighted by Crippen LogP contribution is -2.41. The Morgan fingerprint density at radius 1 is 1.15 bits per heavy atom. The zero-order valence-corrected chi connectivity index (χ0v) is 19.7. The first-order valence-electron chi connectivity index (χ1n) is 10.6. The summed E-state index contributed by atoms with van der Waals surface area (Å²) in [6.07, 6.45) is 5.30. The average Bonchev–Trinajstić information content (AvgIpc) is 3.16. The third-order valence-corrected chi connectivity index (χ3v) is 6.94. The molecule has 0 radical (unpaired) electrons. The molecule has 1 aromatic carbocycles. The third kappa shape index (κ3) is 5.74. The first-order valence-corrected chi connectivity index (χ1v) is 12.1. The van der Waals surface area contributed by atoms with Gasteiger partial charge >= 0.3 is 0 Å². The van der Waals surface area contributed by atoms with Crippen LogP contribution in [0.25, 0.3) is 11.0 Å². The summed E-state index contributed by atoms with van der Waals surface area (Å²) in [5.74, 6) is -0.134. The number of nitrogens with one attached hydrogen (secondary N) is 2. The highest BCUT2D eigenvalue weighted by molar-refractivity contribution is 7.89. The Morgan fingerprint density at radius 3 is 2.61 bits per heavy atom. The normalized spacial score (nSPS) is 11.6. The molecule has 3 aromatic rings. The number of hydrogen-bond acceptors (Lipinski definition) is 6. The van der Waals surface area contributed by atoms with E-state index < -0.39 is 15.9 Å². The molecule has 2 aromatic heterocycles. The summed E-state index contributed by atoms with van der Waals surface area (Å²) < 4.78 is 28.1. The largest absolute Gasteiger partial charge is 0.328 e. The summed E-state index contributed by atoms with van der Waals surface area (Å²) >= 11 is 0. The minimum Gasteiger partial charge on any atom is -0.328 e. The van der Waals surface area contributed by atoms with E-state index in [9.17, 15) is 18.0 Å². The topological polar surface area (TPSA) is 126 Å². The second kappa shape index (κ2) is 10.5. The molecule has 0 bridgehead atoms. The molecule has 33 heavy (non-hydrogen) atoms. The van der Waals surface area contributed by atoms with Gasteiger partial charge in [-0.15, -0.1) is 0 Å². The highest BCUT2D eigenvalue weighted by atomic mass is 32.2. The number of pyridine rings is 1. The number of aryl methyl sites for hydroxylation is 2. The van der Waals surface area contributed by atoms with Gasteiger partial charge in [0.25, 0.3) is 5.91 Å². The van der Waals surface area contributed by atoms with Crippen molar-refractivity contribution in [2.24, 2.45) is 0 Å². The molecule has 0 atom stereocenters. The molecule has 0 unspecified atom stereocenters. The van der Waals surface area contributed by atoms with Crippen LogP contribution in [0.2, 0.25) is 0 Å². The Bertz CT molecular complexity index is 1240. The zero-order chi connectivity index (χ0) is 24.0. The fraction of sp³-hybridized carbons (Fsp3) is 0.364. The molecule has 3 rings (SSSR count). The molecule has 176 valence electrons. The predicted molar refractivity (Wildman–Crippen MR) is 124 cm³/mol. The minimum atomic E-state index is -3.58. The average molecular weight is 473 g/mol. The van der Waals surface area contributed by atoms with E-state index in [2.05, 4.69) is 27.7 Å². The van der Waals surface area contributed by atoms with Crippen molar-refractivity contribution in [2.45, 2.75) is 44.0 Å². The number of carbonyl (C=O) groups is 2. The molecule has 0 aliphatic heterocycles. The van der Waals surface area contributed by atoms with Crippen LogP contribution >= 0.6 is 0 Å². The highest BCUT2D eigenvalue weighted by Crippen LogP contribution is 2.23. The summed E-state index contributed by atoms with van der Waals surface area (Å²) in [5.41, 5.74) is 6.49. The fourth-order valence-electron chi connectivity index (χ4n) is 3.27. The van der Waals surface area contributed by atoms with Crippen LogP contribution in [0.4, 0.5) is 0 Å². The summed E-state index contributed by atoms with van der Waals surface area (Å²) in [6.45, 7) is 2.79. The fourth-order valence-corrected chi connectivity index (χ4v) is 4.19. The second-order valence-corrected chi connectivity index (χ2v) is 9.87. The minimum absolute atomic E-state index is 0.103. The quantitative estimate of drug-likeness (QED) is 0.458. The summed E-state index contributed by atoms with van der Waals surface area (Å²) in [5, 5.41) is 0. The van der Waals surface area contributed by atoms with Crippen molar-refractivity contribution in [1.82, 2.24) is 29.7 Å². The maximum atomic E-state index is 12.5. The predicted octanol–water partition coefficient (Wildman–Crippen LogP) is 1.88. The monoisotopic (exact) mass is 472 g/mol. The molecule has 0 aliphatic rings. The van der Waals surface area contributed by atoms with Crippen molar-refractivity contribution in [1.29, 1.82) is 0 Å². The van der Waals surface area contributed by atoms with Gasteiger partial charge in [0.15, 0.2) is 0 Å². The number of aromatic nitrogens is 3. The van der Waals surface area contributed by atoms with Crippen LogP contribution in [0.15, 0.2) is 47.6 Å². The van der Waals surface area contributed by atoms with Crippen LogP contribution in [0.1, 0.15) is 42.4 Å². The van der Waals surface area contributed by atoms with E-state index in [1.54, 1.807) is 36.5 Å². The number of rotatable bonds is 9. The number of fused-ring (bicyclic) bond motifs is 1. The van der Waals surface area contributed by atoms with Gasteiger partial charge in [-0.1, -0.05) is 13.3 Å². The number of nitrogens with zero attached hydrogens (tertiary/aromatic N) is 4. The Hall–Kier alpha value is -3.31. The molecule has 0 spiro atoms. The number of hydrazine groups is 1. The summed E-state index contributed by atoms with van der Waals surface area (Å²) in [4.78, 5) is 33.0. The van der Waals surface area contributed by atoms with Gasteiger partial charge in [0.1, 0.15) is 5.82 Å². The molecule has 10 nitrogen and oxygen atoms in total. The van der Waals surface area contributed by atoms with E-state index in [1.165, 1.54) is 20.3 Å². The van der Waals surface area contributed by atoms with E-state index >= 15 is 0 Å². The van der Waals surface area contributed by atoms with Gasteiger partial charge in [-0.3, -0.25) is 25.4 Å². The third-order valence-electron chi connectivity index (χ3n) is 5.13. The summed E-state index contributed by atoms with van der Waals surface area (Å²) in [7, 11) is -0.612. The smallest absolute Gasteiger partial charge is 0.271 e. The number of sulfonamides is 1. The van der Waals surface area contributed by atoms with Crippen molar-refractivity contribution >= 4 is 32.9 Å². The number of imidazole rings is 1. The standard InChI is InChI=1S/C22H28N6O4S/c1-4-5-13-28-19-9-8-17(33(31,32)27(2)3)14-18(19)24-20(28)10-11-21(29)25-26-22(30)16-7-6-12-23-15-16/h6-9,12,14-15H,4-5,10-11,13H2,1-3H3,(H,25,29)(H,26,30). The number of hydrogen-bond donors (Lipinski definition) is 2. The lowest BCUT2D eigenvalue weighted by molar-refractivity contribution is -0.121. The molecule has 11 heteroatoms. The first-order chi connectivity index (χ1) is 15.7. The van der Waals surface area contributed by atoms with Gasteiger partial charge in [-0.2, -0.15) is 0 Å². The maximum absolute atomic E-state index is 12.5. The van der Waals surface area contributed by atoms with Crippen LogP contribution in [0.3, 0.4) is 0 Å². The second-order valence-electron chi connectivity index (χ2n) is 7.72. The Labute approximate surface area is 193 Å². The highest BCUT2D eigenvalue weighted by Gasteiger charge is 2.20. The molecular formula is C22H28N6O4S. The SMILES string of the molecule is CCCCn1c(CCC(=O)NNC(=O)c2cccnc2)nc2cc(S(=O)(=O)N(C)C)ccc21. The van der Waals surface area contributed by atoms with Crippen molar-refractivity contribution in [3.8, 4) is 0 Å². The van der Waals surface area contributed by atoms with Crippen LogP contribution in [0, 0.1) is 0 Å². The van der Waals surface area contributed by atoms with Crippen molar-refractivity contribution in [3.63, 3.8) is 0 Å². The van der Waals surface area contributed by atoms with E-state index in [4.69, 9.17) is 0 Å². The van der Waals surface area contributed by atoms with Crippen molar-refractivity contribution in [2.75, 3.05) is 14.1 Å². The lowest BCUT2D eigenvalue weighted by Gasteiger charge is -2.11. The van der Waals surface area contributed by atoms with Gasteiger partial charge in [0, 0.05) is 45.9 Å². The molecular weight excluding hydrogens is 444 g/mol. The number of unbranched alkanes of at least 4 members (excludes halogenated alkanes) is 1. The molecule has 0 fully saturated rings. The molecule has 0 saturated heterocycles. The Kier molecular flexibility index (Phi) is 7.77. The van der Waals surface area contributed by atoms with Gasteiger partial charge in [0.05, 0.1) is 21.5 Å². The van der Waals surface area contributed by atoms with E-state index in [1.807, 2.05) is 4.57 Å². The zero-order valence-electron chi connectivity index (χ0n) is 18.9. The van der Waals surface area contributed by atoms with Crippen LogP contribution < -0.4 is 10.9 Å². The maximum Gasteiger partial charge on any atom is 0.271 e. The van der Waals surface area contributed by atoms with Crippen LogP contribution in [-0.2, 0) is 27.8 Å². The molecule has 2 heterocycles. The van der Waals surface area contributed by atoms with Crippen molar-refractivity contribution in [3.05, 3.63) is 54.1 Å². The lowest BCUT2D eigenvalue weighted by atomic mass is 10.2. The number of amides is 2. The molecule has 2 amide bonds. The van der Waals surface area contributed by atoms with Gasteiger partial charge in [0.2, 0.25) is 15.9 Å².